The second kappa shape index (κ2) is 5.40. The molecule has 0 aromatic heterocycles. The smallest absolute Gasteiger partial charge is 0.248 e. The number of carbonyl (C=O) groups excluding carboxylic acids is 1. The van der Waals surface area contributed by atoms with Crippen molar-refractivity contribution < 1.29 is 9.18 Å². The van der Waals surface area contributed by atoms with Gasteiger partial charge in [0.25, 0.3) is 0 Å². The molecule has 1 atom stereocenters. The van der Waals surface area contributed by atoms with E-state index in [-0.39, 0.29) is 11.7 Å². The van der Waals surface area contributed by atoms with Crippen molar-refractivity contribution in [3.8, 4) is 0 Å². The Hall–Kier alpha value is -1.43. The third-order valence-electron chi connectivity index (χ3n) is 3.49. The molecule has 2 aromatic carbocycles. The average molecular weight is 370 g/mol. The van der Waals surface area contributed by atoms with Gasteiger partial charge in [-0.15, -0.1) is 0 Å². The summed E-state index contributed by atoms with van der Waals surface area (Å²) in [6.07, 6.45) is 0. The van der Waals surface area contributed by atoms with Crippen LogP contribution in [0.5, 0.6) is 0 Å². The molecule has 1 unspecified atom stereocenters. The minimum atomic E-state index is -0.710. The Morgan fingerprint density at radius 2 is 2.05 bits per heavy atom. The van der Waals surface area contributed by atoms with Gasteiger partial charge in [0.2, 0.25) is 5.91 Å². The molecule has 0 fully saturated rings. The van der Waals surface area contributed by atoms with Crippen molar-refractivity contribution >= 4 is 39.1 Å². The van der Waals surface area contributed by atoms with Crippen molar-refractivity contribution in [3.63, 3.8) is 0 Å². The summed E-state index contributed by atoms with van der Waals surface area (Å²) >= 11 is 9.26. The topological polar surface area (TPSA) is 46.3 Å². The van der Waals surface area contributed by atoms with E-state index in [4.69, 9.17) is 17.3 Å². The Kier molecular flexibility index (Phi) is 3.73. The quantitative estimate of drug-likeness (QED) is 0.875. The van der Waals surface area contributed by atoms with Gasteiger partial charge < -0.3 is 10.6 Å². The number of hydrogen-bond donors (Lipinski definition) is 1. The van der Waals surface area contributed by atoms with Crippen LogP contribution in [0.25, 0.3) is 0 Å². The number of benzene rings is 2. The summed E-state index contributed by atoms with van der Waals surface area (Å²) in [5.74, 6) is -0.522. The Bertz CT molecular complexity index is 738. The van der Waals surface area contributed by atoms with Gasteiger partial charge in [-0.1, -0.05) is 33.6 Å². The summed E-state index contributed by atoms with van der Waals surface area (Å²) in [6.45, 7) is 0.321. The van der Waals surface area contributed by atoms with Gasteiger partial charge in [-0.25, -0.2) is 4.39 Å². The van der Waals surface area contributed by atoms with Gasteiger partial charge in [-0.05, 0) is 35.9 Å². The molecule has 2 N–H and O–H groups in total. The molecule has 1 aliphatic rings. The summed E-state index contributed by atoms with van der Waals surface area (Å²) in [6, 6.07) is 8.88. The van der Waals surface area contributed by atoms with E-state index in [9.17, 15) is 9.18 Å². The van der Waals surface area contributed by atoms with Crippen LogP contribution in [0.15, 0.2) is 40.9 Å². The lowest BCUT2D eigenvalue weighted by Gasteiger charge is -2.18. The normalized spacial score (nSPS) is 17.2. The minimum absolute atomic E-state index is 0.191. The lowest BCUT2D eigenvalue weighted by molar-refractivity contribution is -0.119. The summed E-state index contributed by atoms with van der Waals surface area (Å²) in [5.41, 5.74) is 8.21. The van der Waals surface area contributed by atoms with E-state index in [1.165, 1.54) is 12.1 Å². The molecular formula is C15H11BrClFN2O. The SMILES string of the molecule is NC1C(=O)N(Cc2ccc(F)cc2Br)c2ccc(Cl)cc21. The summed E-state index contributed by atoms with van der Waals surface area (Å²) in [5, 5.41) is 0.543. The Morgan fingerprint density at radius 3 is 2.76 bits per heavy atom. The molecule has 0 saturated carbocycles. The molecule has 21 heavy (non-hydrogen) atoms. The zero-order chi connectivity index (χ0) is 15.1. The van der Waals surface area contributed by atoms with Gasteiger partial charge in [0.1, 0.15) is 11.9 Å². The van der Waals surface area contributed by atoms with E-state index in [1.54, 1.807) is 29.2 Å². The average Bonchev–Trinajstić information content (AvgIpc) is 2.66. The molecule has 1 amide bonds. The van der Waals surface area contributed by atoms with Crippen LogP contribution in [-0.4, -0.2) is 5.91 Å². The van der Waals surface area contributed by atoms with E-state index < -0.39 is 6.04 Å². The number of hydrogen-bond acceptors (Lipinski definition) is 2. The molecule has 6 heteroatoms. The third-order valence-corrected chi connectivity index (χ3v) is 4.46. The molecule has 2 aromatic rings. The minimum Gasteiger partial charge on any atom is -0.316 e. The molecule has 3 nitrogen and oxygen atoms in total. The number of nitrogens with two attached hydrogens (primary N) is 1. The summed E-state index contributed by atoms with van der Waals surface area (Å²) < 4.78 is 13.8. The van der Waals surface area contributed by atoms with Crippen molar-refractivity contribution in [2.75, 3.05) is 4.90 Å². The Balaban J connectivity index is 1.98. The van der Waals surface area contributed by atoms with E-state index >= 15 is 0 Å². The number of amides is 1. The van der Waals surface area contributed by atoms with E-state index in [2.05, 4.69) is 15.9 Å². The van der Waals surface area contributed by atoms with E-state index in [1.807, 2.05) is 0 Å². The van der Waals surface area contributed by atoms with Gasteiger partial charge in [0, 0.05) is 20.7 Å². The van der Waals surface area contributed by atoms with Crippen LogP contribution in [0.1, 0.15) is 17.2 Å². The molecule has 0 saturated heterocycles. The molecule has 3 rings (SSSR count). The number of halogens is 3. The maximum absolute atomic E-state index is 13.1. The first kappa shape index (κ1) is 14.5. The van der Waals surface area contributed by atoms with Crippen LogP contribution in [-0.2, 0) is 11.3 Å². The maximum atomic E-state index is 13.1. The first-order valence-corrected chi connectivity index (χ1v) is 7.45. The van der Waals surface area contributed by atoms with Crippen molar-refractivity contribution in [1.82, 2.24) is 0 Å². The standard InChI is InChI=1S/C15H11BrClFN2O/c16-12-6-10(18)3-1-8(12)7-20-13-4-2-9(17)5-11(13)14(19)15(20)21/h1-6,14H,7,19H2. The van der Waals surface area contributed by atoms with Crippen molar-refractivity contribution in [1.29, 1.82) is 0 Å². The highest BCUT2D eigenvalue weighted by Crippen LogP contribution is 2.37. The van der Waals surface area contributed by atoms with Crippen LogP contribution in [0.4, 0.5) is 10.1 Å². The van der Waals surface area contributed by atoms with Crippen molar-refractivity contribution in [2.45, 2.75) is 12.6 Å². The molecule has 0 radical (unpaired) electrons. The van der Waals surface area contributed by atoms with Crippen molar-refractivity contribution in [2.24, 2.45) is 5.73 Å². The van der Waals surface area contributed by atoms with E-state index in [0.29, 0.717) is 21.6 Å². The predicted molar refractivity (Wildman–Crippen MR) is 83.7 cm³/mol. The first-order chi connectivity index (χ1) is 9.97. The lowest BCUT2D eigenvalue weighted by atomic mass is 10.1. The highest BCUT2D eigenvalue weighted by atomic mass is 79.9. The van der Waals surface area contributed by atoms with Crippen LogP contribution >= 0.6 is 27.5 Å². The number of rotatable bonds is 2. The van der Waals surface area contributed by atoms with Gasteiger partial charge >= 0.3 is 0 Å². The molecule has 0 spiro atoms. The molecule has 1 heterocycles. The third kappa shape index (κ3) is 2.57. The molecule has 0 bridgehead atoms. The van der Waals surface area contributed by atoms with Gasteiger partial charge in [-0.3, -0.25) is 4.79 Å². The monoisotopic (exact) mass is 368 g/mol. The number of nitrogens with zero attached hydrogens (tertiary/aromatic N) is 1. The second-order valence-corrected chi connectivity index (χ2v) is 6.13. The largest absolute Gasteiger partial charge is 0.316 e. The molecular weight excluding hydrogens is 359 g/mol. The second-order valence-electron chi connectivity index (χ2n) is 4.84. The lowest BCUT2D eigenvalue weighted by Crippen LogP contribution is -2.31. The summed E-state index contributed by atoms with van der Waals surface area (Å²) in [7, 11) is 0. The predicted octanol–water partition coefficient (Wildman–Crippen LogP) is 3.79. The van der Waals surface area contributed by atoms with Gasteiger partial charge in [0.15, 0.2) is 0 Å². The number of carbonyl (C=O) groups is 1. The van der Waals surface area contributed by atoms with Crippen LogP contribution < -0.4 is 10.6 Å². The fourth-order valence-corrected chi connectivity index (χ4v) is 3.08. The molecule has 1 aliphatic heterocycles. The van der Waals surface area contributed by atoms with Crippen LogP contribution in [0.2, 0.25) is 5.02 Å². The van der Waals surface area contributed by atoms with Gasteiger partial charge in [-0.2, -0.15) is 0 Å². The molecule has 0 aliphatic carbocycles. The highest BCUT2D eigenvalue weighted by molar-refractivity contribution is 9.10. The van der Waals surface area contributed by atoms with Crippen LogP contribution in [0.3, 0.4) is 0 Å². The zero-order valence-corrected chi connectivity index (χ0v) is 13.2. The fraction of sp³-hybridized carbons (Fsp3) is 0.133. The summed E-state index contributed by atoms with van der Waals surface area (Å²) in [4.78, 5) is 13.9. The molecule has 108 valence electrons. The Labute approximate surface area is 134 Å². The number of fused-ring (bicyclic) bond motifs is 1. The maximum Gasteiger partial charge on any atom is 0.248 e. The van der Waals surface area contributed by atoms with Gasteiger partial charge in [0.05, 0.1) is 6.54 Å². The fourth-order valence-electron chi connectivity index (χ4n) is 2.42. The van der Waals surface area contributed by atoms with Crippen molar-refractivity contribution in [3.05, 3.63) is 62.8 Å². The van der Waals surface area contributed by atoms with Crippen LogP contribution in [0, 0.1) is 5.82 Å². The zero-order valence-electron chi connectivity index (χ0n) is 10.8. The highest BCUT2D eigenvalue weighted by Gasteiger charge is 2.35. The Morgan fingerprint density at radius 1 is 1.29 bits per heavy atom. The number of anilines is 1. The first-order valence-electron chi connectivity index (χ1n) is 6.27. The van der Waals surface area contributed by atoms with E-state index in [0.717, 1.165) is 11.3 Å².